The standard InChI is InChI=1S/C19H27N3O3S2/c1-13(2)10-20(11-14(3)4)12-21-18(23)17(27-19(21)26)9-15-5-7-16(8-6-15)22(24)25/h5-9,13-14,22,24H,10-12H2,1-4H3/b17-9+. The summed E-state index contributed by atoms with van der Waals surface area (Å²) in [6.45, 7) is 11.0. The van der Waals surface area contributed by atoms with Gasteiger partial charge in [-0.3, -0.25) is 14.6 Å². The van der Waals surface area contributed by atoms with Gasteiger partial charge < -0.3 is 5.21 Å². The van der Waals surface area contributed by atoms with Crippen LogP contribution in [0.15, 0.2) is 29.2 Å². The second kappa shape index (κ2) is 9.77. The van der Waals surface area contributed by atoms with E-state index in [4.69, 9.17) is 17.4 Å². The first-order valence-electron chi connectivity index (χ1n) is 8.98. The first-order chi connectivity index (χ1) is 12.7. The van der Waals surface area contributed by atoms with Crippen LogP contribution in [0, 0.1) is 17.0 Å². The first-order valence-corrected chi connectivity index (χ1v) is 10.2. The zero-order valence-corrected chi connectivity index (χ0v) is 17.8. The Bertz CT molecular complexity index is 693. The molecule has 0 aromatic heterocycles. The van der Waals surface area contributed by atoms with Gasteiger partial charge >= 0.3 is 0 Å². The maximum absolute atomic E-state index is 12.8. The maximum Gasteiger partial charge on any atom is 0.267 e. The average molecular weight is 410 g/mol. The fourth-order valence-corrected chi connectivity index (χ4v) is 4.16. The molecule has 148 valence electrons. The molecule has 0 aliphatic carbocycles. The van der Waals surface area contributed by atoms with Crippen LogP contribution in [-0.4, -0.2) is 45.0 Å². The van der Waals surface area contributed by atoms with E-state index in [0.29, 0.717) is 27.7 Å². The second-order valence-corrected chi connectivity index (χ2v) is 9.18. The Morgan fingerprint density at radius 1 is 1.22 bits per heavy atom. The van der Waals surface area contributed by atoms with E-state index in [2.05, 4.69) is 32.6 Å². The summed E-state index contributed by atoms with van der Waals surface area (Å²) in [4.78, 5) is 17.3. The Morgan fingerprint density at radius 2 is 1.78 bits per heavy atom. The minimum absolute atomic E-state index is 0.0928. The highest BCUT2D eigenvalue weighted by molar-refractivity contribution is 8.26. The van der Waals surface area contributed by atoms with Gasteiger partial charge in [-0.05, 0) is 35.6 Å². The Morgan fingerprint density at radius 3 is 2.26 bits per heavy atom. The van der Waals surface area contributed by atoms with Gasteiger partial charge in [0.05, 0.1) is 11.6 Å². The molecule has 1 fully saturated rings. The van der Waals surface area contributed by atoms with Crippen LogP contribution < -0.4 is 5.23 Å². The highest BCUT2D eigenvalue weighted by Gasteiger charge is 2.33. The summed E-state index contributed by atoms with van der Waals surface area (Å²) < 4.78 is 0.561. The van der Waals surface area contributed by atoms with Gasteiger partial charge in [0.25, 0.3) is 5.91 Å². The van der Waals surface area contributed by atoms with Crippen LogP contribution in [0.1, 0.15) is 33.3 Å². The molecule has 1 aliphatic rings. The lowest BCUT2D eigenvalue weighted by molar-refractivity contribution is -0.991. The molecule has 0 spiro atoms. The van der Waals surface area contributed by atoms with E-state index in [1.807, 2.05) is 0 Å². The molecule has 1 atom stereocenters. The topological polar surface area (TPSA) is 71.3 Å². The fraction of sp³-hybridized carbons (Fsp3) is 0.474. The lowest BCUT2D eigenvalue weighted by Crippen LogP contribution is -2.99. The zero-order chi connectivity index (χ0) is 20.1. The summed E-state index contributed by atoms with van der Waals surface area (Å²) >= 11 is 6.73. The lowest BCUT2D eigenvalue weighted by atomic mass is 10.1. The zero-order valence-electron chi connectivity index (χ0n) is 16.1. The number of hydrogen-bond donors (Lipinski definition) is 2. The van der Waals surface area contributed by atoms with Crippen LogP contribution in [0.25, 0.3) is 6.08 Å². The summed E-state index contributed by atoms with van der Waals surface area (Å²) in [7, 11) is 0. The van der Waals surface area contributed by atoms with Crippen molar-refractivity contribution in [3.8, 4) is 0 Å². The van der Waals surface area contributed by atoms with Gasteiger partial charge in [0, 0.05) is 25.2 Å². The van der Waals surface area contributed by atoms with Crippen LogP contribution in [-0.2, 0) is 4.79 Å². The molecule has 1 aromatic carbocycles. The molecule has 1 aromatic rings. The summed E-state index contributed by atoms with van der Waals surface area (Å²) in [5, 5.41) is 19.0. The van der Waals surface area contributed by atoms with Crippen molar-refractivity contribution in [1.29, 1.82) is 0 Å². The van der Waals surface area contributed by atoms with Crippen LogP contribution in [0.3, 0.4) is 0 Å². The first kappa shape index (κ1) is 22.0. The van der Waals surface area contributed by atoms with Crippen molar-refractivity contribution in [2.75, 3.05) is 19.8 Å². The molecule has 2 N–H and O–H groups in total. The number of amides is 1. The third-order valence-electron chi connectivity index (χ3n) is 3.92. The summed E-state index contributed by atoms with van der Waals surface area (Å²) in [6, 6.07) is 6.45. The molecule has 1 amide bonds. The van der Waals surface area contributed by atoms with Crippen molar-refractivity contribution in [2.24, 2.45) is 11.8 Å². The number of rotatable bonds is 8. The monoisotopic (exact) mass is 409 g/mol. The van der Waals surface area contributed by atoms with Crippen molar-refractivity contribution in [3.63, 3.8) is 0 Å². The summed E-state index contributed by atoms with van der Waals surface area (Å²) in [5.74, 6) is 0.917. The van der Waals surface area contributed by atoms with Gasteiger partial charge in [0.1, 0.15) is 4.32 Å². The van der Waals surface area contributed by atoms with Gasteiger partial charge in [-0.25, -0.2) is 5.21 Å². The van der Waals surface area contributed by atoms with E-state index in [9.17, 15) is 10.0 Å². The van der Waals surface area contributed by atoms with Crippen molar-refractivity contribution >= 4 is 46.0 Å². The van der Waals surface area contributed by atoms with Gasteiger partial charge in [-0.15, -0.1) is 0 Å². The number of hydrogen-bond acceptors (Lipinski definition) is 6. The fourth-order valence-electron chi connectivity index (χ4n) is 2.92. The average Bonchev–Trinajstić information content (AvgIpc) is 2.81. The van der Waals surface area contributed by atoms with E-state index in [1.54, 1.807) is 23.1 Å². The summed E-state index contributed by atoms with van der Waals surface area (Å²) in [5.41, 5.74) is 0.999. The van der Waals surface area contributed by atoms with E-state index in [1.165, 1.54) is 23.9 Å². The molecule has 1 aliphatic heterocycles. The number of carbonyl (C=O) groups excluding carboxylic acids is 1. The number of quaternary nitrogens is 1. The van der Waals surface area contributed by atoms with E-state index in [0.717, 1.165) is 18.7 Å². The predicted molar refractivity (Wildman–Crippen MR) is 113 cm³/mol. The molecule has 2 rings (SSSR count). The SMILES string of the molecule is CC(C)CN(CC(C)C)CN1C(=O)/C(=C\c2ccc([NH+]([O-])O)cc2)SC1=S. The van der Waals surface area contributed by atoms with Crippen LogP contribution >= 0.6 is 24.0 Å². The quantitative estimate of drug-likeness (QED) is 0.391. The van der Waals surface area contributed by atoms with E-state index >= 15 is 0 Å². The van der Waals surface area contributed by atoms with Crippen molar-refractivity contribution in [3.05, 3.63) is 39.9 Å². The van der Waals surface area contributed by atoms with E-state index < -0.39 is 5.23 Å². The number of thioether (sulfide) groups is 1. The third kappa shape index (κ3) is 6.38. The molecule has 1 unspecified atom stereocenters. The smallest absolute Gasteiger partial charge is 0.267 e. The molecule has 8 heteroatoms. The largest absolute Gasteiger partial charge is 0.595 e. The molecule has 0 bridgehead atoms. The van der Waals surface area contributed by atoms with E-state index in [-0.39, 0.29) is 11.6 Å². The van der Waals surface area contributed by atoms with Crippen molar-refractivity contribution in [1.82, 2.24) is 9.80 Å². The predicted octanol–water partition coefficient (Wildman–Crippen LogP) is 2.86. The molecule has 1 heterocycles. The van der Waals surface area contributed by atoms with Crippen LogP contribution in [0.5, 0.6) is 0 Å². The number of carbonyl (C=O) groups is 1. The van der Waals surface area contributed by atoms with Crippen LogP contribution in [0.4, 0.5) is 5.69 Å². The van der Waals surface area contributed by atoms with Crippen molar-refractivity contribution in [2.45, 2.75) is 27.7 Å². The summed E-state index contributed by atoms with van der Waals surface area (Å²) in [6.07, 6.45) is 1.76. The molecular formula is C19H27N3O3S2. The number of thiocarbonyl (C=S) groups is 1. The lowest BCUT2D eigenvalue weighted by Gasteiger charge is -2.29. The van der Waals surface area contributed by atoms with Gasteiger partial charge in [0.2, 0.25) is 0 Å². The number of nitrogens with one attached hydrogen (secondary N) is 1. The second-order valence-electron chi connectivity index (χ2n) is 7.50. The number of benzene rings is 1. The Labute approximate surface area is 170 Å². The minimum Gasteiger partial charge on any atom is -0.595 e. The highest BCUT2D eigenvalue weighted by Crippen LogP contribution is 2.32. The third-order valence-corrected chi connectivity index (χ3v) is 5.29. The van der Waals surface area contributed by atoms with Gasteiger partial charge in [-0.1, -0.05) is 51.7 Å². The number of nitrogens with zero attached hydrogens (tertiary/aromatic N) is 2. The highest BCUT2D eigenvalue weighted by atomic mass is 32.2. The molecule has 27 heavy (non-hydrogen) atoms. The molecular weight excluding hydrogens is 382 g/mol. The van der Waals surface area contributed by atoms with Gasteiger partial charge in [0.15, 0.2) is 5.69 Å². The molecule has 0 saturated carbocycles. The Hall–Kier alpha value is -1.29. The molecule has 1 saturated heterocycles. The Kier molecular flexibility index (Phi) is 7.96. The van der Waals surface area contributed by atoms with Crippen molar-refractivity contribution < 1.29 is 15.2 Å². The normalized spacial score (nSPS) is 17.8. The Balaban J connectivity index is 2.12. The molecule has 0 radical (unpaired) electrons. The maximum atomic E-state index is 12.8. The van der Waals surface area contributed by atoms with Crippen LogP contribution in [0.2, 0.25) is 0 Å². The van der Waals surface area contributed by atoms with Gasteiger partial charge in [-0.2, -0.15) is 5.23 Å². The minimum atomic E-state index is -0.969. The molecule has 6 nitrogen and oxygen atoms in total.